The van der Waals surface area contributed by atoms with Gasteiger partial charge in [-0.3, -0.25) is 0 Å². The molecule has 1 N–H and O–H groups in total. The monoisotopic (exact) mass is 359 g/mol. The van der Waals surface area contributed by atoms with E-state index >= 15 is 0 Å². The van der Waals surface area contributed by atoms with Gasteiger partial charge in [-0.05, 0) is 43.2 Å². The summed E-state index contributed by atoms with van der Waals surface area (Å²) >= 11 is 3.11. The summed E-state index contributed by atoms with van der Waals surface area (Å²) < 4.78 is 44.5. The van der Waals surface area contributed by atoms with Gasteiger partial charge in [-0.1, -0.05) is 15.9 Å². The van der Waals surface area contributed by atoms with Crippen molar-refractivity contribution in [2.45, 2.75) is 31.6 Å². The Morgan fingerprint density at radius 1 is 1.19 bits per heavy atom. The lowest BCUT2D eigenvalue weighted by Gasteiger charge is -2.09. The molecule has 1 aliphatic carbocycles. The standard InChI is InChI=1S/C15H13BrF3NO/c16-11-6-9(5-10(7-11)15(17,18)19)14-4-3-13(21-14)8-20-12-1-2-12/h3-7,12,20H,1-2,8H2. The van der Waals surface area contributed by atoms with Crippen molar-refractivity contribution in [2.24, 2.45) is 0 Å². The van der Waals surface area contributed by atoms with Crippen molar-refractivity contribution >= 4 is 15.9 Å². The molecule has 6 heteroatoms. The summed E-state index contributed by atoms with van der Waals surface area (Å²) in [7, 11) is 0. The number of furan rings is 1. The Labute approximate surface area is 128 Å². The first-order valence-electron chi connectivity index (χ1n) is 6.62. The number of rotatable bonds is 4. The Balaban J connectivity index is 1.83. The van der Waals surface area contributed by atoms with E-state index in [1.165, 1.54) is 12.8 Å². The zero-order valence-electron chi connectivity index (χ0n) is 11.0. The lowest BCUT2D eigenvalue weighted by molar-refractivity contribution is -0.137. The van der Waals surface area contributed by atoms with Crippen LogP contribution in [0.5, 0.6) is 0 Å². The van der Waals surface area contributed by atoms with Crippen LogP contribution in [-0.4, -0.2) is 6.04 Å². The molecule has 1 fully saturated rings. The second kappa shape index (κ2) is 5.50. The average Bonchev–Trinajstić information content (AvgIpc) is 3.11. The van der Waals surface area contributed by atoms with Crippen molar-refractivity contribution in [1.82, 2.24) is 5.32 Å². The minimum absolute atomic E-state index is 0.376. The normalized spacial score (nSPS) is 15.4. The molecule has 112 valence electrons. The van der Waals surface area contributed by atoms with Gasteiger partial charge in [0.1, 0.15) is 11.5 Å². The highest BCUT2D eigenvalue weighted by Gasteiger charge is 2.31. The third-order valence-electron chi connectivity index (χ3n) is 3.31. The lowest BCUT2D eigenvalue weighted by atomic mass is 10.1. The van der Waals surface area contributed by atoms with E-state index in [2.05, 4.69) is 21.2 Å². The fraction of sp³-hybridized carbons (Fsp3) is 0.333. The topological polar surface area (TPSA) is 25.2 Å². The third-order valence-corrected chi connectivity index (χ3v) is 3.77. The van der Waals surface area contributed by atoms with Gasteiger partial charge in [-0.2, -0.15) is 13.2 Å². The van der Waals surface area contributed by atoms with E-state index in [1.807, 2.05) is 0 Å². The number of hydrogen-bond acceptors (Lipinski definition) is 2. The molecular formula is C15H13BrF3NO. The number of hydrogen-bond donors (Lipinski definition) is 1. The second-order valence-corrected chi connectivity index (χ2v) is 6.06. The van der Waals surface area contributed by atoms with Crippen molar-refractivity contribution < 1.29 is 17.6 Å². The molecule has 2 nitrogen and oxygen atoms in total. The number of alkyl halides is 3. The maximum absolute atomic E-state index is 12.8. The summed E-state index contributed by atoms with van der Waals surface area (Å²) in [5.41, 5.74) is -0.282. The Morgan fingerprint density at radius 2 is 1.95 bits per heavy atom. The molecule has 1 aliphatic rings. The molecule has 0 amide bonds. The van der Waals surface area contributed by atoms with E-state index in [1.54, 1.807) is 18.2 Å². The van der Waals surface area contributed by atoms with Gasteiger partial charge in [-0.25, -0.2) is 0 Å². The predicted molar refractivity (Wildman–Crippen MR) is 76.7 cm³/mol. The molecule has 3 rings (SSSR count). The molecule has 1 aromatic carbocycles. The SMILES string of the molecule is FC(F)(F)c1cc(Br)cc(-c2ccc(CNC3CC3)o2)c1. The highest BCUT2D eigenvalue weighted by Crippen LogP contribution is 2.35. The van der Waals surface area contributed by atoms with E-state index in [4.69, 9.17) is 4.42 Å². The Bertz CT molecular complexity index is 647. The second-order valence-electron chi connectivity index (χ2n) is 5.15. The molecule has 0 saturated heterocycles. The summed E-state index contributed by atoms with van der Waals surface area (Å²) in [6.45, 7) is 0.602. The summed E-state index contributed by atoms with van der Waals surface area (Å²) in [4.78, 5) is 0. The van der Waals surface area contributed by atoms with Gasteiger partial charge in [0.05, 0.1) is 12.1 Å². The van der Waals surface area contributed by atoms with Crippen molar-refractivity contribution in [1.29, 1.82) is 0 Å². The van der Waals surface area contributed by atoms with Crippen molar-refractivity contribution in [3.63, 3.8) is 0 Å². The van der Waals surface area contributed by atoms with Gasteiger partial charge in [0.2, 0.25) is 0 Å². The number of nitrogens with one attached hydrogen (secondary N) is 1. The molecule has 21 heavy (non-hydrogen) atoms. The number of benzene rings is 1. The summed E-state index contributed by atoms with van der Waals surface area (Å²) in [5, 5.41) is 3.30. The highest BCUT2D eigenvalue weighted by molar-refractivity contribution is 9.10. The molecule has 0 aliphatic heterocycles. The highest BCUT2D eigenvalue weighted by atomic mass is 79.9. The maximum Gasteiger partial charge on any atom is 0.416 e. The first kappa shape index (κ1) is 14.7. The molecular weight excluding hydrogens is 347 g/mol. The van der Waals surface area contributed by atoms with Crippen LogP contribution in [0, 0.1) is 0 Å². The third kappa shape index (κ3) is 3.68. The van der Waals surface area contributed by atoms with E-state index in [9.17, 15) is 13.2 Å². The largest absolute Gasteiger partial charge is 0.460 e. The number of halogens is 4. The van der Waals surface area contributed by atoms with Crippen LogP contribution in [0.15, 0.2) is 39.2 Å². The smallest absolute Gasteiger partial charge is 0.416 e. The van der Waals surface area contributed by atoms with Crippen LogP contribution in [-0.2, 0) is 12.7 Å². The summed E-state index contributed by atoms with van der Waals surface area (Å²) in [6, 6.07) is 7.82. The molecule has 1 saturated carbocycles. The van der Waals surface area contributed by atoms with Crippen LogP contribution in [0.4, 0.5) is 13.2 Å². The van der Waals surface area contributed by atoms with Crippen LogP contribution >= 0.6 is 15.9 Å². The zero-order chi connectivity index (χ0) is 15.0. The average molecular weight is 360 g/mol. The van der Waals surface area contributed by atoms with Gasteiger partial charge in [0.15, 0.2) is 0 Å². The lowest BCUT2D eigenvalue weighted by Crippen LogP contribution is -2.14. The van der Waals surface area contributed by atoms with Crippen molar-refractivity contribution in [3.8, 4) is 11.3 Å². The molecule has 1 heterocycles. The minimum Gasteiger partial charge on any atom is -0.460 e. The van der Waals surface area contributed by atoms with E-state index in [0.29, 0.717) is 28.4 Å². The Kier molecular flexibility index (Phi) is 3.84. The van der Waals surface area contributed by atoms with E-state index in [-0.39, 0.29) is 0 Å². The molecule has 0 atom stereocenters. The maximum atomic E-state index is 12.8. The minimum atomic E-state index is -4.37. The van der Waals surface area contributed by atoms with E-state index < -0.39 is 11.7 Å². The fourth-order valence-corrected chi connectivity index (χ4v) is 2.55. The Hall–Kier alpha value is -1.27. The molecule has 1 aromatic heterocycles. The summed E-state index contributed by atoms with van der Waals surface area (Å²) in [5.74, 6) is 1.17. The molecule has 0 spiro atoms. The first-order valence-corrected chi connectivity index (χ1v) is 7.41. The molecule has 0 unspecified atom stereocenters. The van der Waals surface area contributed by atoms with Crippen molar-refractivity contribution in [3.05, 3.63) is 46.1 Å². The van der Waals surface area contributed by atoms with Gasteiger partial charge >= 0.3 is 6.18 Å². The van der Waals surface area contributed by atoms with Crippen LogP contribution in [0.1, 0.15) is 24.2 Å². The van der Waals surface area contributed by atoms with Gasteiger partial charge in [0.25, 0.3) is 0 Å². The zero-order valence-corrected chi connectivity index (χ0v) is 12.6. The quantitative estimate of drug-likeness (QED) is 0.832. The van der Waals surface area contributed by atoms with Gasteiger partial charge < -0.3 is 9.73 Å². The Morgan fingerprint density at radius 3 is 2.62 bits per heavy atom. The van der Waals surface area contributed by atoms with Crippen LogP contribution in [0.3, 0.4) is 0 Å². The predicted octanol–water partition coefficient (Wildman–Crippen LogP) is 4.98. The first-order chi connectivity index (χ1) is 9.91. The molecule has 2 aromatic rings. The van der Waals surface area contributed by atoms with E-state index in [0.717, 1.165) is 17.9 Å². The van der Waals surface area contributed by atoms with Gasteiger partial charge in [-0.15, -0.1) is 0 Å². The summed E-state index contributed by atoms with van der Waals surface area (Å²) in [6.07, 6.45) is -2.02. The molecule has 0 bridgehead atoms. The van der Waals surface area contributed by atoms with Gasteiger partial charge in [0, 0.05) is 16.1 Å². The van der Waals surface area contributed by atoms with Crippen LogP contribution in [0.2, 0.25) is 0 Å². The van der Waals surface area contributed by atoms with Crippen LogP contribution in [0.25, 0.3) is 11.3 Å². The fourth-order valence-electron chi connectivity index (χ4n) is 2.06. The molecule has 0 radical (unpaired) electrons. The van der Waals surface area contributed by atoms with Crippen LogP contribution < -0.4 is 5.32 Å². The van der Waals surface area contributed by atoms with Crippen molar-refractivity contribution in [2.75, 3.05) is 0 Å².